The van der Waals surface area contributed by atoms with E-state index < -0.39 is 52.1 Å². The molecule has 0 aromatic heterocycles. The van der Waals surface area contributed by atoms with Crippen molar-refractivity contribution in [3.63, 3.8) is 0 Å². The summed E-state index contributed by atoms with van der Waals surface area (Å²) >= 11 is 1.10. The van der Waals surface area contributed by atoms with Gasteiger partial charge in [0.25, 0.3) is 0 Å². The zero-order chi connectivity index (χ0) is 26.7. The van der Waals surface area contributed by atoms with Crippen molar-refractivity contribution in [2.75, 3.05) is 0 Å². The highest BCUT2D eigenvalue weighted by molar-refractivity contribution is 14.1. The molecule has 1 unspecified atom stereocenters. The average Bonchev–Trinajstić information content (AvgIpc) is 2.62. The van der Waals surface area contributed by atoms with Crippen molar-refractivity contribution in [2.45, 2.75) is 104 Å². The van der Waals surface area contributed by atoms with Crippen molar-refractivity contribution in [3.05, 3.63) is 0 Å². The second-order valence-corrected chi connectivity index (χ2v) is 9.19. The van der Waals surface area contributed by atoms with E-state index in [9.17, 15) is 65.9 Å². The minimum Gasteiger partial charge on any atom is -0.200 e. The molecule has 0 heterocycles. The maximum atomic E-state index is 13.8. The first kappa shape index (κ1) is 32.7. The van der Waals surface area contributed by atoms with Crippen LogP contribution in [0.4, 0.5) is 65.9 Å². The predicted octanol–water partition coefficient (Wildman–Crippen LogP) is 9.30. The minimum absolute atomic E-state index is 0.140. The molecule has 0 bridgehead atoms. The van der Waals surface area contributed by atoms with E-state index in [1.807, 2.05) is 6.92 Å². The summed E-state index contributed by atoms with van der Waals surface area (Å²) in [6, 6.07) is 0. The lowest BCUT2D eigenvalue weighted by Crippen LogP contribution is -2.72. The third kappa shape index (κ3) is 6.28. The van der Waals surface area contributed by atoms with E-state index in [0.29, 0.717) is 12.8 Å². The molecule has 0 aromatic carbocycles. The van der Waals surface area contributed by atoms with E-state index in [1.54, 1.807) is 0 Å². The first-order valence-corrected chi connectivity index (χ1v) is 10.7. The molecule has 0 aliphatic heterocycles. The topological polar surface area (TPSA) is 0 Å². The van der Waals surface area contributed by atoms with E-state index >= 15 is 0 Å². The standard InChI is InChI=1S/C17H20F15I/c1-2-3-4-5-6-7-8-10(33)9-11(18,19)12(20,21)13(22,23)14(24,25)15(26,27)16(28,29)17(30,31)32/h10H,2-9H2,1H3. The molecule has 0 aliphatic rings. The predicted molar refractivity (Wildman–Crippen MR) is 96.2 cm³/mol. The maximum absolute atomic E-state index is 13.8. The van der Waals surface area contributed by atoms with Gasteiger partial charge < -0.3 is 0 Å². The van der Waals surface area contributed by atoms with Gasteiger partial charge in [-0.05, 0) is 6.42 Å². The van der Waals surface area contributed by atoms with Gasteiger partial charge in [0, 0.05) is 10.3 Å². The lowest BCUT2D eigenvalue weighted by Gasteiger charge is -2.41. The van der Waals surface area contributed by atoms with E-state index in [1.165, 1.54) is 0 Å². The van der Waals surface area contributed by atoms with Gasteiger partial charge in [0.1, 0.15) is 0 Å². The summed E-state index contributed by atoms with van der Waals surface area (Å²) in [7, 11) is 0. The van der Waals surface area contributed by atoms with Crippen LogP contribution in [0.25, 0.3) is 0 Å². The summed E-state index contributed by atoms with van der Waals surface area (Å²) in [6.07, 6.45) is -6.47. The molecular weight excluding hydrogens is 616 g/mol. The number of unbranched alkanes of at least 4 members (excludes halogenated alkanes) is 5. The molecule has 1 atom stereocenters. The highest BCUT2D eigenvalue weighted by Gasteiger charge is 2.93. The smallest absolute Gasteiger partial charge is 0.200 e. The summed E-state index contributed by atoms with van der Waals surface area (Å²) in [5.41, 5.74) is 0. The van der Waals surface area contributed by atoms with Crippen molar-refractivity contribution >= 4 is 22.6 Å². The highest BCUT2D eigenvalue weighted by atomic mass is 127. The monoisotopic (exact) mass is 636 g/mol. The van der Waals surface area contributed by atoms with Crippen molar-refractivity contribution in [2.24, 2.45) is 0 Å². The minimum atomic E-state index is -8.22. The molecule has 0 nitrogen and oxygen atoms in total. The zero-order valence-electron chi connectivity index (χ0n) is 16.8. The van der Waals surface area contributed by atoms with Crippen molar-refractivity contribution in [1.82, 2.24) is 0 Å². The Labute approximate surface area is 192 Å². The Morgan fingerprint density at radius 2 is 0.879 bits per heavy atom. The quantitative estimate of drug-likeness (QED) is 0.0772. The van der Waals surface area contributed by atoms with Crippen LogP contribution >= 0.6 is 22.6 Å². The second-order valence-electron chi connectivity index (χ2n) is 7.43. The van der Waals surface area contributed by atoms with Gasteiger partial charge in [0.05, 0.1) is 0 Å². The molecule has 0 rings (SSSR count). The number of halogens is 16. The Morgan fingerprint density at radius 3 is 1.30 bits per heavy atom. The molecule has 33 heavy (non-hydrogen) atoms. The molecule has 0 N–H and O–H groups in total. The van der Waals surface area contributed by atoms with E-state index in [2.05, 4.69) is 0 Å². The van der Waals surface area contributed by atoms with Gasteiger partial charge >= 0.3 is 41.7 Å². The number of alkyl halides is 16. The largest absolute Gasteiger partial charge is 0.460 e. The Kier molecular flexibility index (Phi) is 10.6. The van der Waals surface area contributed by atoms with Crippen molar-refractivity contribution < 1.29 is 65.9 Å². The molecular formula is C17H20F15I. The zero-order valence-corrected chi connectivity index (χ0v) is 18.9. The van der Waals surface area contributed by atoms with Crippen LogP contribution in [0.5, 0.6) is 0 Å². The fraction of sp³-hybridized carbons (Fsp3) is 1.00. The Bertz CT molecular complexity index is 612. The molecule has 0 saturated heterocycles. The lowest BCUT2D eigenvalue weighted by atomic mass is 9.89. The molecule has 200 valence electrons. The first-order chi connectivity index (χ1) is 14.5. The molecule has 0 aromatic rings. The number of rotatable bonds is 14. The third-order valence-corrected chi connectivity index (χ3v) is 5.80. The van der Waals surface area contributed by atoms with Crippen LogP contribution in [0, 0.1) is 0 Å². The van der Waals surface area contributed by atoms with Gasteiger partial charge in [-0.2, -0.15) is 65.9 Å². The first-order valence-electron chi connectivity index (χ1n) is 9.43. The molecule has 0 spiro atoms. The van der Waals surface area contributed by atoms with Crippen LogP contribution in [0.15, 0.2) is 0 Å². The van der Waals surface area contributed by atoms with Crippen LogP contribution in [0.1, 0.15) is 58.3 Å². The van der Waals surface area contributed by atoms with Crippen LogP contribution in [0.3, 0.4) is 0 Å². The van der Waals surface area contributed by atoms with Gasteiger partial charge in [0.15, 0.2) is 0 Å². The van der Waals surface area contributed by atoms with Crippen LogP contribution < -0.4 is 0 Å². The van der Waals surface area contributed by atoms with Crippen LogP contribution in [-0.2, 0) is 0 Å². The fourth-order valence-corrected chi connectivity index (χ4v) is 3.65. The van der Waals surface area contributed by atoms with Gasteiger partial charge in [-0.15, -0.1) is 0 Å². The van der Waals surface area contributed by atoms with Crippen molar-refractivity contribution in [3.8, 4) is 0 Å². The Balaban J connectivity index is 5.72. The third-order valence-electron chi connectivity index (χ3n) is 4.74. The Morgan fingerprint density at radius 1 is 0.515 bits per heavy atom. The van der Waals surface area contributed by atoms with Gasteiger partial charge in [-0.3, -0.25) is 0 Å². The van der Waals surface area contributed by atoms with E-state index in [0.717, 1.165) is 41.9 Å². The summed E-state index contributed by atoms with van der Waals surface area (Å²) < 4.78 is 196. The highest BCUT2D eigenvalue weighted by Crippen LogP contribution is 2.62. The molecule has 16 heteroatoms. The van der Waals surface area contributed by atoms with Gasteiger partial charge in [-0.1, -0.05) is 68.0 Å². The molecule has 0 aliphatic carbocycles. The molecule has 0 saturated carbocycles. The lowest BCUT2D eigenvalue weighted by molar-refractivity contribution is -0.452. The molecule has 0 radical (unpaired) electrons. The van der Waals surface area contributed by atoms with Gasteiger partial charge in [0.2, 0.25) is 0 Å². The molecule has 0 amide bonds. The summed E-state index contributed by atoms with van der Waals surface area (Å²) in [6.45, 7) is 1.89. The van der Waals surface area contributed by atoms with Gasteiger partial charge in [-0.25, -0.2) is 0 Å². The summed E-state index contributed by atoms with van der Waals surface area (Å²) in [5.74, 6) is -45.9. The number of hydrogen-bond donors (Lipinski definition) is 0. The maximum Gasteiger partial charge on any atom is 0.460 e. The van der Waals surface area contributed by atoms with Crippen LogP contribution in [-0.4, -0.2) is 45.6 Å². The summed E-state index contributed by atoms with van der Waals surface area (Å²) in [4.78, 5) is 0. The molecule has 0 fully saturated rings. The van der Waals surface area contributed by atoms with E-state index in [-0.39, 0.29) is 12.8 Å². The fourth-order valence-electron chi connectivity index (χ4n) is 2.65. The van der Waals surface area contributed by atoms with Crippen molar-refractivity contribution in [1.29, 1.82) is 0 Å². The second kappa shape index (κ2) is 10.7. The summed E-state index contributed by atoms with van der Waals surface area (Å²) in [5, 5.41) is 0. The number of hydrogen-bond acceptors (Lipinski definition) is 0. The van der Waals surface area contributed by atoms with Crippen LogP contribution in [0.2, 0.25) is 0 Å². The normalized spacial score (nSPS) is 16.3. The van der Waals surface area contributed by atoms with E-state index in [4.69, 9.17) is 0 Å². The SMILES string of the molecule is CCCCCCCCC(I)CC(F)(F)C(F)(F)C(F)(F)C(F)(F)C(F)(F)C(F)(F)C(F)(F)F. The average molecular weight is 636 g/mol. The Hall–Kier alpha value is -0.320.